The molecule has 1 aromatic heterocycles. The van der Waals surface area contributed by atoms with Crippen LogP contribution in [0.5, 0.6) is 0 Å². The van der Waals surface area contributed by atoms with Crippen LogP contribution in [0.4, 0.5) is 0 Å². The lowest BCUT2D eigenvalue weighted by atomic mass is 10.2. The third-order valence-corrected chi connectivity index (χ3v) is 6.24. The van der Waals surface area contributed by atoms with Gasteiger partial charge in [-0.05, 0) is 36.2 Å². The van der Waals surface area contributed by atoms with Crippen molar-refractivity contribution < 1.29 is 8.42 Å². The summed E-state index contributed by atoms with van der Waals surface area (Å²) in [5, 5.41) is 0. The Morgan fingerprint density at radius 1 is 1.14 bits per heavy atom. The number of thiophene rings is 1. The van der Waals surface area contributed by atoms with E-state index in [2.05, 4.69) is 0 Å². The highest BCUT2D eigenvalue weighted by Gasteiger charge is 2.21. The first-order valence-electron chi connectivity index (χ1n) is 6.29. The Bertz CT molecular complexity index is 696. The van der Waals surface area contributed by atoms with Crippen LogP contribution in [0.2, 0.25) is 4.34 Å². The van der Waals surface area contributed by atoms with Gasteiger partial charge in [0, 0.05) is 24.3 Å². The lowest BCUT2D eigenvalue weighted by Gasteiger charge is -2.16. The summed E-state index contributed by atoms with van der Waals surface area (Å²) >= 11 is 12.9. The molecule has 0 spiro atoms. The van der Waals surface area contributed by atoms with Crippen LogP contribution >= 0.6 is 34.5 Å². The van der Waals surface area contributed by atoms with E-state index in [9.17, 15) is 8.42 Å². The molecule has 2 aromatic rings. The average molecular weight is 364 g/mol. The second kappa shape index (κ2) is 7.11. The fourth-order valence-corrected chi connectivity index (χ4v) is 4.45. The first-order valence-corrected chi connectivity index (χ1v) is 9.46. The molecular formula is C14H15Cl2NO2S2. The Kier molecular flexibility index (Phi) is 5.68. The van der Waals surface area contributed by atoms with Crippen LogP contribution in [-0.4, -0.2) is 25.7 Å². The van der Waals surface area contributed by atoms with E-state index in [-0.39, 0.29) is 4.90 Å². The summed E-state index contributed by atoms with van der Waals surface area (Å²) < 4.78 is 26.9. The van der Waals surface area contributed by atoms with E-state index in [1.165, 1.54) is 15.6 Å². The highest BCUT2D eigenvalue weighted by atomic mass is 35.5. The van der Waals surface area contributed by atoms with Crippen molar-refractivity contribution in [3.8, 4) is 0 Å². The molecule has 0 aliphatic carbocycles. The SMILES string of the molecule is CN(Cc1ccc(Cl)s1)S(=O)(=O)c1ccc(CCCl)cc1. The Morgan fingerprint density at radius 2 is 1.81 bits per heavy atom. The van der Waals surface area contributed by atoms with Crippen LogP contribution in [0.1, 0.15) is 10.4 Å². The van der Waals surface area contributed by atoms with Gasteiger partial charge in [0.05, 0.1) is 9.23 Å². The maximum Gasteiger partial charge on any atom is 0.243 e. The molecule has 0 aliphatic heterocycles. The molecule has 0 bridgehead atoms. The molecule has 0 radical (unpaired) electrons. The summed E-state index contributed by atoms with van der Waals surface area (Å²) in [5.74, 6) is 0.519. The second-order valence-corrected chi connectivity index (χ2v) is 8.77. The van der Waals surface area contributed by atoms with Crippen LogP contribution < -0.4 is 0 Å². The van der Waals surface area contributed by atoms with Crippen LogP contribution in [0.25, 0.3) is 0 Å². The van der Waals surface area contributed by atoms with Gasteiger partial charge in [0.2, 0.25) is 10.0 Å². The molecule has 21 heavy (non-hydrogen) atoms. The molecule has 0 fully saturated rings. The smallest absolute Gasteiger partial charge is 0.207 e. The Hall–Kier alpha value is -0.590. The van der Waals surface area contributed by atoms with Crippen molar-refractivity contribution >= 4 is 44.6 Å². The van der Waals surface area contributed by atoms with Crippen molar-refractivity contribution in [1.29, 1.82) is 0 Å². The first kappa shape index (κ1) is 16.8. The summed E-state index contributed by atoms with van der Waals surface area (Å²) in [7, 11) is -1.93. The van der Waals surface area contributed by atoms with Crippen molar-refractivity contribution in [3.63, 3.8) is 0 Å². The number of halogens is 2. The van der Waals surface area contributed by atoms with Crippen molar-refractivity contribution in [2.45, 2.75) is 17.9 Å². The maximum atomic E-state index is 12.5. The number of nitrogens with zero attached hydrogens (tertiary/aromatic N) is 1. The summed E-state index contributed by atoms with van der Waals surface area (Å²) in [4.78, 5) is 1.19. The summed E-state index contributed by atoms with van der Waals surface area (Å²) in [6.45, 7) is 0.309. The number of rotatable bonds is 6. The number of sulfonamides is 1. The van der Waals surface area contributed by atoms with E-state index >= 15 is 0 Å². The first-order chi connectivity index (χ1) is 9.93. The second-order valence-electron chi connectivity index (χ2n) is 4.55. The van der Waals surface area contributed by atoms with Crippen LogP contribution in [-0.2, 0) is 23.0 Å². The van der Waals surface area contributed by atoms with Crippen molar-refractivity contribution in [3.05, 3.63) is 51.2 Å². The highest BCUT2D eigenvalue weighted by molar-refractivity contribution is 7.89. The van der Waals surface area contributed by atoms with Crippen molar-refractivity contribution in [2.75, 3.05) is 12.9 Å². The monoisotopic (exact) mass is 363 g/mol. The summed E-state index contributed by atoms with van der Waals surface area (Å²) in [5.41, 5.74) is 1.02. The predicted molar refractivity (Wildman–Crippen MR) is 88.8 cm³/mol. The zero-order valence-corrected chi connectivity index (χ0v) is 14.6. The predicted octanol–water partition coefficient (Wildman–Crippen LogP) is 4.00. The van der Waals surface area contributed by atoms with Gasteiger partial charge in [-0.2, -0.15) is 4.31 Å². The van der Waals surface area contributed by atoms with Crippen LogP contribution in [0.3, 0.4) is 0 Å². The molecule has 1 aromatic carbocycles. The molecule has 0 N–H and O–H groups in total. The lowest BCUT2D eigenvalue weighted by molar-refractivity contribution is 0.469. The Balaban J connectivity index is 2.16. The molecule has 0 atom stereocenters. The minimum atomic E-state index is -3.50. The van der Waals surface area contributed by atoms with Gasteiger partial charge in [-0.3, -0.25) is 0 Å². The zero-order chi connectivity index (χ0) is 15.5. The molecule has 0 aliphatic rings. The van der Waals surface area contributed by atoms with Crippen molar-refractivity contribution in [1.82, 2.24) is 4.31 Å². The zero-order valence-electron chi connectivity index (χ0n) is 11.4. The normalized spacial score (nSPS) is 12.0. The molecule has 3 nitrogen and oxygen atoms in total. The summed E-state index contributed by atoms with van der Waals surface area (Å²) in [6, 6.07) is 10.4. The molecule has 0 saturated heterocycles. The van der Waals surface area contributed by atoms with Crippen molar-refractivity contribution in [2.24, 2.45) is 0 Å². The molecule has 0 saturated carbocycles. The van der Waals surface area contributed by atoms with Gasteiger partial charge in [-0.25, -0.2) is 8.42 Å². The largest absolute Gasteiger partial charge is 0.243 e. The number of hydrogen-bond donors (Lipinski definition) is 0. The average Bonchev–Trinajstić information content (AvgIpc) is 2.85. The van der Waals surface area contributed by atoms with Gasteiger partial charge in [0.1, 0.15) is 0 Å². The topological polar surface area (TPSA) is 37.4 Å². The van der Waals surface area contributed by atoms with E-state index in [4.69, 9.17) is 23.2 Å². The van der Waals surface area contributed by atoms with E-state index in [1.807, 2.05) is 6.07 Å². The number of aryl methyl sites for hydroxylation is 1. The van der Waals surface area contributed by atoms with Gasteiger partial charge in [0.15, 0.2) is 0 Å². The number of benzene rings is 1. The number of hydrogen-bond acceptors (Lipinski definition) is 3. The third kappa shape index (κ3) is 4.20. The highest BCUT2D eigenvalue weighted by Crippen LogP contribution is 2.24. The van der Waals surface area contributed by atoms with Crippen LogP contribution in [0.15, 0.2) is 41.3 Å². The van der Waals surface area contributed by atoms with E-state index < -0.39 is 10.0 Å². The standard InChI is InChI=1S/C14H15Cl2NO2S2/c1-17(10-12-4-7-14(16)20-12)21(18,19)13-5-2-11(3-6-13)8-9-15/h2-7H,8-10H2,1H3. The maximum absolute atomic E-state index is 12.5. The molecule has 2 rings (SSSR count). The number of alkyl halides is 1. The fourth-order valence-electron chi connectivity index (χ4n) is 1.86. The van der Waals surface area contributed by atoms with Gasteiger partial charge < -0.3 is 0 Å². The van der Waals surface area contributed by atoms with Gasteiger partial charge >= 0.3 is 0 Å². The van der Waals surface area contributed by atoms with Crippen LogP contribution in [0, 0.1) is 0 Å². The quantitative estimate of drug-likeness (QED) is 0.727. The van der Waals surface area contributed by atoms with Gasteiger partial charge in [-0.1, -0.05) is 23.7 Å². The molecular weight excluding hydrogens is 349 g/mol. The van der Waals surface area contributed by atoms with Gasteiger partial charge in [0.25, 0.3) is 0 Å². The molecule has 7 heteroatoms. The van der Waals surface area contributed by atoms with Gasteiger partial charge in [-0.15, -0.1) is 22.9 Å². The van der Waals surface area contributed by atoms with E-state index in [0.717, 1.165) is 16.9 Å². The van der Waals surface area contributed by atoms with E-state index in [0.29, 0.717) is 16.8 Å². The molecule has 0 amide bonds. The minimum Gasteiger partial charge on any atom is -0.207 e. The molecule has 114 valence electrons. The third-order valence-electron chi connectivity index (χ3n) is 3.02. The lowest BCUT2D eigenvalue weighted by Crippen LogP contribution is -2.26. The Labute approximate surface area is 139 Å². The summed E-state index contributed by atoms with van der Waals surface area (Å²) in [6.07, 6.45) is 0.728. The molecule has 0 unspecified atom stereocenters. The Morgan fingerprint density at radius 3 is 2.33 bits per heavy atom. The minimum absolute atomic E-state index is 0.283. The van der Waals surface area contributed by atoms with E-state index in [1.54, 1.807) is 37.4 Å². The fraction of sp³-hybridized carbons (Fsp3) is 0.286. The molecule has 1 heterocycles.